The molecule has 0 saturated carbocycles. The van der Waals surface area contributed by atoms with E-state index in [-0.39, 0.29) is 12.3 Å². The summed E-state index contributed by atoms with van der Waals surface area (Å²) in [5, 5.41) is 11.4. The second-order valence-electron chi connectivity index (χ2n) is 5.21. The number of carboxylic acids is 1. The van der Waals surface area contributed by atoms with Crippen LogP contribution < -0.4 is 14.8 Å². The Labute approximate surface area is 129 Å². The predicted octanol–water partition coefficient (Wildman–Crippen LogP) is 2.11. The van der Waals surface area contributed by atoms with Gasteiger partial charge in [0.2, 0.25) is 5.91 Å². The topological polar surface area (TPSA) is 84.9 Å². The van der Waals surface area contributed by atoms with Gasteiger partial charge < -0.3 is 19.9 Å². The molecule has 2 N–H and O–H groups in total. The van der Waals surface area contributed by atoms with Gasteiger partial charge in [-0.2, -0.15) is 0 Å². The molecule has 1 aliphatic heterocycles. The zero-order valence-corrected chi connectivity index (χ0v) is 12.5. The number of rotatable bonds is 7. The highest BCUT2D eigenvalue weighted by Crippen LogP contribution is 2.30. The molecule has 2 rings (SSSR count). The number of carbonyl (C=O) groups excluding carboxylic acids is 1. The molecule has 0 spiro atoms. The molecule has 0 fully saturated rings. The number of carboxylic acid groups (broad SMARTS) is 1. The second kappa shape index (κ2) is 8.26. The summed E-state index contributed by atoms with van der Waals surface area (Å²) >= 11 is 0. The van der Waals surface area contributed by atoms with Gasteiger partial charge in [0.15, 0.2) is 11.5 Å². The Kier molecular flexibility index (Phi) is 6.06. The molecule has 1 amide bonds. The fourth-order valence-electron chi connectivity index (χ4n) is 2.17. The number of hydrogen-bond acceptors (Lipinski definition) is 4. The van der Waals surface area contributed by atoms with Gasteiger partial charge in [-0.15, -0.1) is 0 Å². The summed E-state index contributed by atoms with van der Waals surface area (Å²) in [6, 6.07) is 5.64. The molecule has 1 aliphatic rings. The van der Waals surface area contributed by atoms with Crippen LogP contribution in [-0.2, 0) is 16.1 Å². The summed E-state index contributed by atoms with van der Waals surface area (Å²) in [5.74, 6) is 0.553. The number of hydrogen-bond donors (Lipinski definition) is 2. The second-order valence-corrected chi connectivity index (χ2v) is 5.21. The maximum absolute atomic E-state index is 11.7. The number of amides is 1. The van der Waals surface area contributed by atoms with E-state index in [0.29, 0.717) is 44.8 Å². The zero-order valence-electron chi connectivity index (χ0n) is 12.5. The Balaban J connectivity index is 1.75. The summed E-state index contributed by atoms with van der Waals surface area (Å²) in [6.45, 7) is 1.71. The van der Waals surface area contributed by atoms with Crippen molar-refractivity contribution >= 4 is 11.9 Å². The molecule has 1 aromatic rings. The average molecular weight is 307 g/mol. The minimum absolute atomic E-state index is 0.0718. The van der Waals surface area contributed by atoms with Crippen LogP contribution in [0.5, 0.6) is 11.5 Å². The van der Waals surface area contributed by atoms with Crippen molar-refractivity contribution in [1.29, 1.82) is 0 Å². The summed E-state index contributed by atoms with van der Waals surface area (Å²) in [6.07, 6.45) is 2.41. The molecule has 0 atom stereocenters. The molecule has 0 aromatic heterocycles. The molecule has 6 heteroatoms. The highest BCUT2D eigenvalue weighted by Gasteiger charge is 2.11. The van der Waals surface area contributed by atoms with Crippen molar-refractivity contribution in [2.45, 2.75) is 38.6 Å². The molecule has 1 aromatic carbocycles. The van der Waals surface area contributed by atoms with E-state index >= 15 is 0 Å². The van der Waals surface area contributed by atoms with Gasteiger partial charge in [-0.3, -0.25) is 9.59 Å². The minimum Gasteiger partial charge on any atom is -0.490 e. The monoisotopic (exact) mass is 307 g/mol. The van der Waals surface area contributed by atoms with Gasteiger partial charge >= 0.3 is 5.97 Å². The van der Waals surface area contributed by atoms with E-state index in [0.717, 1.165) is 17.7 Å². The van der Waals surface area contributed by atoms with Crippen molar-refractivity contribution in [1.82, 2.24) is 5.32 Å². The largest absolute Gasteiger partial charge is 0.490 e. The van der Waals surface area contributed by atoms with E-state index in [4.69, 9.17) is 14.6 Å². The quantitative estimate of drug-likeness (QED) is 0.754. The summed E-state index contributed by atoms with van der Waals surface area (Å²) < 4.78 is 11.2. The molecule has 1 heterocycles. The van der Waals surface area contributed by atoms with Gasteiger partial charge in [0.25, 0.3) is 0 Å². The van der Waals surface area contributed by atoms with Gasteiger partial charge in [-0.1, -0.05) is 6.07 Å². The fraction of sp³-hybridized carbons (Fsp3) is 0.500. The molecule has 22 heavy (non-hydrogen) atoms. The zero-order chi connectivity index (χ0) is 15.8. The smallest absolute Gasteiger partial charge is 0.303 e. The Morgan fingerprint density at radius 1 is 1.09 bits per heavy atom. The van der Waals surface area contributed by atoms with E-state index in [1.54, 1.807) is 0 Å². The molecule has 0 aliphatic carbocycles. The molecule has 6 nitrogen and oxygen atoms in total. The van der Waals surface area contributed by atoms with E-state index in [1.807, 2.05) is 18.2 Å². The van der Waals surface area contributed by atoms with Crippen molar-refractivity contribution in [2.75, 3.05) is 13.2 Å². The summed E-state index contributed by atoms with van der Waals surface area (Å²) in [7, 11) is 0. The first-order valence-electron chi connectivity index (χ1n) is 7.52. The number of aliphatic carboxylic acids is 1. The first kappa shape index (κ1) is 16.1. The minimum atomic E-state index is -0.826. The molecule has 0 saturated heterocycles. The highest BCUT2D eigenvalue weighted by molar-refractivity contribution is 5.76. The lowest BCUT2D eigenvalue weighted by Gasteiger charge is -2.10. The van der Waals surface area contributed by atoms with E-state index in [2.05, 4.69) is 5.32 Å². The van der Waals surface area contributed by atoms with Gasteiger partial charge in [-0.25, -0.2) is 0 Å². The number of benzene rings is 1. The maximum Gasteiger partial charge on any atom is 0.303 e. The summed E-state index contributed by atoms with van der Waals surface area (Å²) in [4.78, 5) is 22.1. The van der Waals surface area contributed by atoms with Crippen LogP contribution >= 0.6 is 0 Å². The van der Waals surface area contributed by atoms with Crippen LogP contribution in [0.15, 0.2) is 18.2 Å². The number of unbranched alkanes of at least 4 members (excludes halogenated alkanes) is 1. The first-order valence-corrected chi connectivity index (χ1v) is 7.52. The van der Waals surface area contributed by atoms with Crippen molar-refractivity contribution < 1.29 is 24.2 Å². The van der Waals surface area contributed by atoms with E-state index in [1.165, 1.54) is 0 Å². The van der Waals surface area contributed by atoms with Crippen LogP contribution in [0, 0.1) is 0 Å². The van der Waals surface area contributed by atoms with Gasteiger partial charge in [0.05, 0.1) is 13.2 Å². The van der Waals surface area contributed by atoms with Crippen molar-refractivity contribution in [2.24, 2.45) is 0 Å². The Bertz CT molecular complexity index is 529. The highest BCUT2D eigenvalue weighted by atomic mass is 16.5. The molecular weight excluding hydrogens is 286 g/mol. The third-order valence-corrected chi connectivity index (χ3v) is 3.35. The van der Waals surface area contributed by atoms with Crippen molar-refractivity contribution in [3.05, 3.63) is 23.8 Å². The van der Waals surface area contributed by atoms with Crippen LogP contribution in [0.25, 0.3) is 0 Å². The Hall–Kier alpha value is -2.24. The normalized spacial score (nSPS) is 13.3. The number of nitrogens with one attached hydrogen (secondary N) is 1. The lowest BCUT2D eigenvalue weighted by atomic mass is 10.1. The Morgan fingerprint density at radius 2 is 1.82 bits per heavy atom. The molecule has 120 valence electrons. The third kappa shape index (κ3) is 5.27. The SMILES string of the molecule is O=C(O)CCCCC(=O)NCc1ccc2c(c1)OCCCO2. The Morgan fingerprint density at radius 3 is 2.59 bits per heavy atom. The lowest BCUT2D eigenvalue weighted by molar-refractivity contribution is -0.137. The third-order valence-electron chi connectivity index (χ3n) is 3.35. The van der Waals surface area contributed by atoms with Crippen LogP contribution in [0.1, 0.15) is 37.7 Å². The molecular formula is C16H21NO5. The molecule has 0 bridgehead atoms. The maximum atomic E-state index is 11.7. The van der Waals surface area contributed by atoms with E-state index in [9.17, 15) is 9.59 Å². The van der Waals surface area contributed by atoms with E-state index < -0.39 is 5.97 Å². The van der Waals surface area contributed by atoms with Gasteiger partial charge in [-0.05, 0) is 30.5 Å². The molecule has 0 radical (unpaired) electrons. The first-order chi connectivity index (χ1) is 10.6. The average Bonchev–Trinajstić information content (AvgIpc) is 2.74. The van der Waals surface area contributed by atoms with Crippen LogP contribution in [0.2, 0.25) is 0 Å². The van der Waals surface area contributed by atoms with Crippen LogP contribution in [-0.4, -0.2) is 30.2 Å². The van der Waals surface area contributed by atoms with Gasteiger partial charge in [0, 0.05) is 25.8 Å². The van der Waals surface area contributed by atoms with Crippen molar-refractivity contribution in [3.63, 3.8) is 0 Å². The standard InChI is InChI=1S/C16H21NO5/c18-15(4-1-2-5-16(19)20)17-11-12-6-7-13-14(10-12)22-9-3-8-21-13/h6-7,10H,1-5,8-9,11H2,(H,17,18)(H,19,20). The fourth-order valence-corrected chi connectivity index (χ4v) is 2.17. The van der Waals surface area contributed by atoms with Crippen molar-refractivity contribution in [3.8, 4) is 11.5 Å². The van der Waals surface area contributed by atoms with Crippen LogP contribution in [0.3, 0.4) is 0 Å². The molecule has 0 unspecified atom stereocenters. The lowest BCUT2D eigenvalue weighted by Crippen LogP contribution is -2.22. The summed E-state index contributed by atoms with van der Waals surface area (Å²) in [5.41, 5.74) is 0.947. The van der Waals surface area contributed by atoms with Crippen LogP contribution in [0.4, 0.5) is 0 Å². The number of ether oxygens (including phenoxy) is 2. The number of fused-ring (bicyclic) bond motifs is 1. The van der Waals surface area contributed by atoms with Gasteiger partial charge in [0.1, 0.15) is 0 Å². The predicted molar refractivity (Wildman–Crippen MR) is 80.0 cm³/mol. The number of carbonyl (C=O) groups is 2.